The highest BCUT2D eigenvalue weighted by Crippen LogP contribution is 2.32. The van der Waals surface area contributed by atoms with Crippen LogP contribution in [0.4, 0.5) is 10.5 Å². The van der Waals surface area contributed by atoms with Gasteiger partial charge in [0.05, 0.1) is 9.79 Å². The number of sulfonamides is 2. The molecule has 0 atom stereocenters. The molecule has 2 amide bonds. The van der Waals surface area contributed by atoms with Gasteiger partial charge in [0.25, 0.3) is 10.0 Å². The van der Waals surface area contributed by atoms with Crippen LogP contribution in [0.5, 0.6) is 0 Å². The zero-order valence-electron chi connectivity index (χ0n) is 25.2. The molecule has 4 N–H and O–H groups in total. The highest BCUT2D eigenvalue weighted by Gasteiger charge is 2.22. The lowest BCUT2D eigenvalue weighted by molar-refractivity contribution is 0.0980. The monoisotopic (exact) mass is 629 g/mol. The largest absolute Gasteiger partial charge is 0.333 e. The van der Waals surface area contributed by atoms with Crippen LogP contribution in [0.15, 0.2) is 76.5 Å². The summed E-state index contributed by atoms with van der Waals surface area (Å²) in [6, 6.07) is 16.3. The Morgan fingerprint density at radius 1 is 0.698 bits per heavy atom. The third kappa shape index (κ3) is 9.84. The number of primary sulfonamides is 1. The Balaban J connectivity index is 0.000000385. The van der Waals surface area contributed by atoms with Crippen LogP contribution in [0, 0.1) is 0 Å². The van der Waals surface area contributed by atoms with Crippen LogP contribution in [-0.2, 0) is 20.0 Å². The lowest BCUT2D eigenvalue weighted by Crippen LogP contribution is -2.35. The molecule has 0 heterocycles. The summed E-state index contributed by atoms with van der Waals surface area (Å²) in [5.74, 6) is 0.0316. The number of Topliss-reactive ketones (excluding diaryl/α,β-unsaturated/α-hetero) is 2. The molecule has 0 fully saturated rings. The van der Waals surface area contributed by atoms with Crippen molar-refractivity contribution >= 4 is 43.3 Å². The predicted octanol–water partition coefficient (Wildman–Crippen LogP) is 5.96. The van der Waals surface area contributed by atoms with Crippen molar-refractivity contribution in [3.8, 4) is 0 Å². The molecule has 0 saturated heterocycles. The number of urea groups is 1. The topological polar surface area (TPSA) is 170 Å². The molecule has 0 radical (unpaired) electrons. The Hall–Kier alpha value is -3.87. The van der Waals surface area contributed by atoms with Crippen molar-refractivity contribution in [3.05, 3.63) is 89.0 Å². The first-order valence-electron chi connectivity index (χ1n) is 13.8. The number of hydrogen-bond donors (Lipinski definition) is 3. The molecule has 43 heavy (non-hydrogen) atoms. The van der Waals surface area contributed by atoms with Crippen molar-refractivity contribution in [2.75, 3.05) is 5.32 Å². The van der Waals surface area contributed by atoms with Crippen LogP contribution in [0.3, 0.4) is 0 Å². The number of carbonyl (C=O) groups excluding carboxylic acids is 3. The fourth-order valence-electron chi connectivity index (χ4n) is 4.11. The van der Waals surface area contributed by atoms with Crippen molar-refractivity contribution in [1.82, 2.24) is 4.72 Å². The number of benzene rings is 3. The number of anilines is 1. The summed E-state index contributed by atoms with van der Waals surface area (Å²) in [6.07, 6.45) is 0.607. The van der Waals surface area contributed by atoms with Crippen LogP contribution in [0.25, 0.3) is 0 Å². The number of para-hydroxylation sites is 1. The normalized spacial score (nSPS) is 11.5. The fourth-order valence-corrected chi connectivity index (χ4v) is 5.62. The minimum Gasteiger partial charge on any atom is -0.307 e. The standard InChI is InChI=1S/C22H28N2O4S.C9H11NO3S/c1-6-20(25)16-9-7-10-17(13-16)29(27,28)24-22(26)23-21-18(14(2)3)11-8-12-19(21)15(4)5;1-2-9(11)7-4-3-5-8(6-7)14(10,12)13/h7-15H,6H2,1-5H3,(H2,23,24,26);3-6H,2H2,1H3,(H2,10,12,13). The maximum absolute atomic E-state index is 12.7. The quantitative estimate of drug-likeness (QED) is 0.232. The molecule has 0 aliphatic rings. The van der Waals surface area contributed by atoms with E-state index in [9.17, 15) is 31.2 Å². The summed E-state index contributed by atoms with van der Waals surface area (Å²) >= 11 is 0. The van der Waals surface area contributed by atoms with Gasteiger partial charge in [-0.25, -0.2) is 31.5 Å². The van der Waals surface area contributed by atoms with Gasteiger partial charge in [-0.3, -0.25) is 9.59 Å². The van der Waals surface area contributed by atoms with Gasteiger partial charge in [0.15, 0.2) is 11.6 Å². The van der Waals surface area contributed by atoms with E-state index in [0.29, 0.717) is 23.2 Å². The van der Waals surface area contributed by atoms with E-state index >= 15 is 0 Å². The fraction of sp³-hybridized carbons (Fsp3) is 0.323. The summed E-state index contributed by atoms with van der Waals surface area (Å²) in [6.45, 7) is 11.5. The van der Waals surface area contributed by atoms with Crippen molar-refractivity contribution < 1.29 is 31.2 Å². The lowest BCUT2D eigenvalue weighted by Gasteiger charge is -2.20. The van der Waals surface area contributed by atoms with Crippen molar-refractivity contribution in [2.45, 2.75) is 76.0 Å². The number of nitrogens with two attached hydrogens (primary N) is 1. The van der Waals surface area contributed by atoms with Gasteiger partial charge in [-0.1, -0.05) is 84.0 Å². The second kappa shape index (κ2) is 15.0. The second-order valence-electron chi connectivity index (χ2n) is 10.3. The van der Waals surface area contributed by atoms with E-state index < -0.39 is 26.1 Å². The first-order chi connectivity index (χ1) is 20.0. The summed E-state index contributed by atoms with van der Waals surface area (Å²) < 4.78 is 49.3. The lowest BCUT2D eigenvalue weighted by atomic mass is 9.93. The molecule has 0 aliphatic heterocycles. The molecule has 3 aromatic carbocycles. The number of amides is 2. The zero-order valence-corrected chi connectivity index (χ0v) is 26.8. The molecule has 10 nitrogen and oxygen atoms in total. The summed E-state index contributed by atoms with van der Waals surface area (Å²) in [5, 5.41) is 7.65. The molecule has 12 heteroatoms. The Morgan fingerprint density at radius 2 is 1.12 bits per heavy atom. The number of hydrogen-bond acceptors (Lipinski definition) is 7. The molecule has 232 valence electrons. The van der Waals surface area contributed by atoms with Gasteiger partial charge in [-0.15, -0.1) is 0 Å². The molecule has 0 bridgehead atoms. The van der Waals surface area contributed by atoms with Gasteiger partial charge in [-0.2, -0.15) is 0 Å². The highest BCUT2D eigenvalue weighted by molar-refractivity contribution is 7.90. The van der Waals surface area contributed by atoms with Gasteiger partial charge in [0.1, 0.15) is 0 Å². The zero-order chi connectivity index (χ0) is 32.5. The Bertz CT molecular complexity index is 1670. The molecule has 3 aromatic rings. The number of rotatable bonds is 10. The van der Waals surface area contributed by atoms with E-state index in [0.717, 1.165) is 11.1 Å². The SMILES string of the molecule is CCC(=O)c1cccc(S(=O)(=O)NC(=O)Nc2c(C(C)C)cccc2C(C)C)c1.CCC(=O)c1cccc(S(N)(=O)=O)c1. The van der Waals surface area contributed by atoms with E-state index in [2.05, 4.69) is 5.32 Å². The molecule has 0 saturated carbocycles. The van der Waals surface area contributed by atoms with E-state index in [1.807, 2.05) is 50.6 Å². The number of ketones is 2. The van der Waals surface area contributed by atoms with Crippen LogP contribution in [0.2, 0.25) is 0 Å². The van der Waals surface area contributed by atoms with Crippen molar-refractivity contribution in [3.63, 3.8) is 0 Å². The Kier molecular flexibility index (Phi) is 12.4. The molecular weight excluding hydrogens is 590 g/mol. The maximum atomic E-state index is 12.7. The van der Waals surface area contributed by atoms with Crippen LogP contribution in [-0.4, -0.2) is 34.4 Å². The Morgan fingerprint density at radius 3 is 1.53 bits per heavy atom. The van der Waals surface area contributed by atoms with E-state index in [-0.39, 0.29) is 39.6 Å². The molecule has 0 unspecified atom stereocenters. The first-order valence-corrected chi connectivity index (χ1v) is 16.8. The summed E-state index contributed by atoms with van der Waals surface area (Å²) in [7, 11) is -7.84. The first kappa shape index (κ1) is 35.3. The van der Waals surface area contributed by atoms with Crippen molar-refractivity contribution in [1.29, 1.82) is 0 Å². The van der Waals surface area contributed by atoms with Gasteiger partial charge in [0.2, 0.25) is 10.0 Å². The Labute approximate surface area is 254 Å². The van der Waals surface area contributed by atoms with E-state index in [4.69, 9.17) is 5.14 Å². The smallest absolute Gasteiger partial charge is 0.307 e. The highest BCUT2D eigenvalue weighted by atomic mass is 32.2. The van der Waals surface area contributed by atoms with Gasteiger partial charge >= 0.3 is 6.03 Å². The van der Waals surface area contributed by atoms with Gasteiger partial charge in [0, 0.05) is 29.7 Å². The van der Waals surface area contributed by atoms with E-state index in [1.54, 1.807) is 26.0 Å². The molecule has 3 rings (SSSR count). The molecular formula is C31H39N3O7S2. The average molecular weight is 630 g/mol. The third-order valence-corrected chi connectivity index (χ3v) is 8.67. The summed E-state index contributed by atoms with van der Waals surface area (Å²) in [5.41, 5.74) is 3.15. The third-order valence-electron chi connectivity index (χ3n) is 6.43. The van der Waals surface area contributed by atoms with Crippen LogP contribution >= 0.6 is 0 Å². The summed E-state index contributed by atoms with van der Waals surface area (Å²) in [4.78, 5) is 35.5. The average Bonchev–Trinajstić information content (AvgIpc) is 2.95. The number of carbonyl (C=O) groups is 3. The molecule has 0 aliphatic carbocycles. The minimum atomic E-state index is -4.12. The van der Waals surface area contributed by atoms with Crippen molar-refractivity contribution in [2.24, 2.45) is 5.14 Å². The van der Waals surface area contributed by atoms with Gasteiger partial charge in [-0.05, 0) is 47.2 Å². The van der Waals surface area contributed by atoms with Crippen LogP contribution < -0.4 is 15.2 Å². The maximum Gasteiger partial charge on any atom is 0.333 e. The molecule has 0 aromatic heterocycles. The second-order valence-corrected chi connectivity index (χ2v) is 13.6. The van der Waals surface area contributed by atoms with Gasteiger partial charge < -0.3 is 5.32 Å². The number of nitrogens with one attached hydrogen (secondary N) is 2. The van der Waals surface area contributed by atoms with Crippen LogP contribution in [0.1, 0.15) is 98.1 Å². The van der Waals surface area contributed by atoms with E-state index in [1.165, 1.54) is 36.4 Å². The predicted molar refractivity (Wildman–Crippen MR) is 167 cm³/mol. The minimum absolute atomic E-state index is 0.0307. The molecule has 0 spiro atoms.